The molecule has 0 saturated carbocycles. The predicted octanol–water partition coefficient (Wildman–Crippen LogP) is 5.00. The molecule has 0 radical (unpaired) electrons. The van der Waals surface area contributed by atoms with Crippen LogP contribution in [0.5, 0.6) is 5.75 Å². The van der Waals surface area contributed by atoms with Crippen LogP contribution in [-0.4, -0.2) is 85.2 Å². The number of benzene rings is 2. The standard InChI is InChI=1S/C33H46N4O5/c1-6-9-28(25-12-10-24(4)11-13-25)34-32(40)37-30(39)33(7-2,8-3)31(37)42-27-16-14-26(15-17-27)29(38)41-23-22-36-20-18-35(5)19-21-36/h10-17,28,31H,6-9,18-23H2,1-5H3,(H,34,40). The molecule has 2 aliphatic heterocycles. The van der Waals surface area contributed by atoms with Crippen LogP contribution in [-0.2, 0) is 9.53 Å². The molecule has 228 valence electrons. The van der Waals surface area contributed by atoms with Gasteiger partial charge in [0, 0.05) is 32.7 Å². The quantitative estimate of drug-likeness (QED) is 0.280. The minimum absolute atomic E-state index is 0.212. The van der Waals surface area contributed by atoms with Gasteiger partial charge in [0.25, 0.3) is 0 Å². The zero-order valence-electron chi connectivity index (χ0n) is 25.7. The van der Waals surface area contributed by atoms with Crippen molar-refractivity contribution < 1.29 is 23.9 Å². The van der Waals surface area contributed by atoms with Gasteiger partial charge >= 0.3 is 12.0 Å². The van der Waals surface area contributed by atoms with Crippen molar-refractivity contribution in [3.8, 4) is 5.75 Å². The van der Waals surface area contributed by atoms with E-state index >= 15 is 0 Å². The summed E-state index contributed by atoms with van der Waals surface area (Å²) in [6.07, 6.45) is 1.98. The summed E-state index contributed by atoms with van der Waals surface area (Å²) >= 11 is 0. The lowest BCUT2D eigenvalue weighted by atomic mass is 9.72. The fourth-order valence-electron chi connectivity index (χ4n) is 5.75. The van der Waals surface area contributed by atoms with Gasteiger partial charge in [0.1, 0.15) is 17.8 Å². The average Bonchev–Trinajstić information content (AvgIpc) is 2.99. The van der Waals surface area contributed by atoms with Crippen LogP contribution >= 0.6 is 0 Å². The van der Waals surface area contributed by atoms with E-state index in [0.717, 1.165) is 50.1 Å². The van der Waals surface area contributed by atoms with Gasteiger partial charge in [-0.2, -0.15) is 0 Å². The summed E-state index contributed by atoms with van der Waals surface area (Å²) in [6.45, 7) is 13.0. The molecule has 2 unspecified atom stereocenters. The SMILES string of the molecule is CCCC(NC(=O)N1C(=O)C(CC)(CC)C1Oc1ccc(C(=O)OCCN2CCN(C)CC2)cc1)c1ccc(C)cc1. The summed E-state index contributed by atoms with van der Waals surface area (Å²) in [5.41, 5.74) is 1.79. The maximum atomic E-state index is 13.5. The van der Waals surface area contributed by atoms with Gasteiger partial charge in [-0.15, -0.1) is 0 Å². The molecule has 2 atom stereocenters. The molecule has 9 heteroatoms. The molecule has 9 nitrogen and oxygen atoms in total. The first-order valence-corrected chi connectivity index (χ1v) is 15.3. The summed E-state index contributed by atoms with van der Waals surface area (Å²) < 4.78 is 11.8. The first kappa shape index (κ1) is 31.5. The van der Waals surface area contributed by atoms with Crippen molar-refractivity contribution in [1.29, 1.82) is 0 Å². The van der Waals surface area contributed by atoms with E-state index in [1.807, 2.05) is 45.0 Å². The largest absolute Gasteiger partial charge is 0.469 e. The Hall–Kier alpha value is -3.43. The van der Waals surface area contributed by atoms with Gasteiger partial charge in [0.05, 0.1) is 11.6 Å². The van der Waals surface area contributed by atoms with Gasteiger partial charge in [-0.05, 0) is 63.1 Å². The monoisotopic (exact) mass is 578 g/mol. The molecule has 0 aromatic heterocycles. The normalized spacial score (nSPS) is 19.6. The number of imide groups is 1. The summed E-state index contributed by atoms with van der Waals surface area (Å²) in [4.78, 5) is 45.3. The summed E-state index contributed by atoms with van der Waals surface area (Å²) in [6, 6.07) is 14.1. The number of β-lactam (4-membered cyclic amide) rings is 1. The lowest BCUT2D eigenvalue weighted by Crippen LogP contribution is -2.73. The van der Waals surface area contributed by atoms with Crippen LogP contribution in [0.15, 0.2) is 48.5 Å². The predicted molar refractivity (Wildman–Crippen MR) is 162 cm³/mol. The van der Waals surface area contributed by atoms with Crippen molar-refractivity contribution in [3.05, 3.63) is 65.2 Å². The number of aryl methyl sites for hydroxylation is 1. The average molecular weight is 579 g/mol. The van der Waals surface area contributed by atoms with Crippen molar-refractivity contribution in [1.82, 2.24) is 20.0 Å². The van der Waals surface area contributed by atoms with Crippen molar-refractivity contribution in [2.45, 2.75) is 65.6 Å². The minimum Gasteiger partial charge on any atom is -0.469 e. The molecule has 2 aliphatic rings. The number of nitrogens with zero attached hydrogens (tertiary/aromatic N) is 3. The number of rotatable bonds is 12. The zero-order chi connectivity index (χ0) is 30.3. The van der Waals surface area contributed by atoms with Gasteiger partial charge in [-0.3, -0.25) is 9.69 Å². The Kier molecular flexibility index (Phi) is 10.6. The highest BCUT2D eigenvalue weighted by atomic mass is 16.5. The smallest absolute Gasteiger partial charge is 0.338 e. The van der Waals surface area contributed by atoms with E-state index in [9.17, 15) is 14.4 Å². The molecular weight excluding hydrogens is 532 g/mol. The first-order valence-electron chi connectivity index (χ1n) is 15.3. The van der Waals surface area contributed by atoms with Crippen molar-refractivity contribution in [3.63, 3.8) is 0 Å². The Bertz CT molecular complexity index is 1200. The molecule has 0 spiro atoms. The molecule has 2 fully saturated rings. The summed E-state index contributed by atoms with van der Waals surface area (Å²) in [5.74, 6) is -0.131. The second kappa shape index (κ2) is 14.2. The molecule has 4 rings (SSSR count). The number of urea groups is 1. The number of amides is 3. The molecule has 0 aliphatic carbocycles. The number of ether oxygens (including phenoxy) is 2. The Morgan fingerprint density at radius 3 is 2.21 bits per heavy atom. The maximum absolute atomic E-state index is 13.5. The van der Waals surface area contributed by atoms with E-state index in [4.69, 9.17) is 9.47 Å². The Morgan fingerprint density at radius 1 is 0.976 bits per heavy atom. The van der Waals surface area contributed by atoms with Crippen LogP contribution in [0.3, 0.4) is 0 Å². The van der Waals surface area contributed by atoms with E-state index in [1.54, 1.807) is 24.3 Å². The molecule has 3 amide bonds. The van der Waals surface area contributed by atoms with Crippen LogP contribution in [0.2, 0.25) is 0 Å². The Morgan fingerprint density at radius 2 is 1.62 bits per heavy atom. The van der Waals surface area contributed by atoms with Crippen LogP contribution in [0.1, 0.15) is 74.0 Å². The second-order valence-electron chi connectivity index (χ2n) is 11.5. The van der Waals surface area contributed by atoms with Crippen molar-refractivity contribution in [2.24, 2.45) is 5.41 Å². The van der Waals surface area contributed by atoms with E-state index in [0.29, 0.717) is 37.3 Å². The topological polar surface area (TPSA) is 91.4 Å². The summed E-state index contributed by atoms with van der Waals surface area (Å²) in [7, 11) is 2.11. The van der Waals surface area contributed by atoms with Crippen LogP contribution in [0.25, 0.3) is 0 Å². The Balaban J connectivity index is 1.40. The Labute approximate surface area is 250 Å². The van der Waals surface area contributed by atoms with E-state index < -0.39 is 17.7 Å². The van der Waals surface area contributed by atoms with Gasteiger partial charge in [-0.1, -0.05) is 57.0 Å². The highest BCUT2D eigenvalue weighted by Crippen LogP contribution is 2.46. The van der Waals surface area contributed by atoms with Gasteiger partial charge in [0.2, 0.25) is 5.91 Å². The second-order valence-corrected chi connectivity index (χ2v) is 11.5. The third-order valence-corrected chi connectivity index (χ3v) is 8.76. The van der Waals surface area contributed by atoms with Crippen LogP contribution in [0.4, 0.5) is 4.79 Å². The summed E-state index contributed by atoms with van der Waals surface area (Å²) in [5, 5.41) is 3.08. The zero-order valence-corrected chi connectivity index (χ0v) is 25.7. The van der Waals surface area contributed by atoms with Crippen molar-refractivity contribution in [2.75, 3.05) is 46.4 Å². The molecule has 2 saturated heterocycles. The first-order chi connectivity index (χ1) is 20.2. The van der Waals surface area contributed by atoms with Crippen molar-refractivity contribution >= 4 is 17.9 Å². The van der Waals surface area contributed by atoms with Gasteiger partial charge in [0.15, 0.2) is 6.23 Å². The molecular formula is C33H46N4O5. The molecule has 2 aromatic carbocycles. The number of carbonyl (C=O) groups excluding carboxylic acids is 3. The van der Waals surface area contributed by atoms with Crippen LogP contribution < -0.4 is 10.1 Å². The third-order valence-electron chi connectivity index (χ3n) is 8.76. The number of esters is 1. The van der Waals surface area contributed by atoms with E-state index in [2.05, 4.69) is 29.1 Å². The fraction of sp³-hybridized carbons (Fsp3) is 0.545. The lowest BCUT2D eigenvalue weighted by Gasteiger charge is -2.53. The number of piperazine rings is 1. The van der Waals surface area contributed by atoms with E-state index in [-0.39, 0.29) is 17.9 Å². The minimum atomic E-state index is -0.789. The number of likely N-dealkylation sites (N-methyl/N-ethyl adjacent to an activating group) is 1. The molecule has 2 aromatic rings. The van der Waals surface area contributed by atoms with Crippen LogP contribution in [0, 0.1) is 12.3 Å². The number of hydrogen-bond acceptors (Lipinski definition) is 7. The molecule has 1 N–H and O–H groups in total. The lowest BCUT2D eigenvalue weighted by molar-refractivity contribution is -0.191. The highest BCUT2D eigenvalue weighted by Gasteiger charge is 2.63. The molecule has 42 heavy (non-hydrogen) atoms. The number of carbonyl (C=O) groups is 3. The number of nitrogens with one attached hydrogen (secondary N) is 1. The maximum Gasteiger partial charge on any atom is 0.338 e. The molecule has 2 heterocycles. The van der Waals surface area contributed by atoms with Gasteiger partial charge < -0.3 is 19.7 Å². The van der Waals surface area contributed by atoms with Gasteiger partial charge in [-0.25, -0.2) is 14.5 Å². The fourth-order valence-corrected chi connectivity index (χ4v) is 5.75. The molecule has 0 bridgehead atoms. The third kappa shape index (κ3) is 6.95. The highest BCUT2D eigenvalue weighted by molar-refractivity contribution is 6.03. The number of hydrogen-bond donors (Lipinski definition) is 1. The van der Waals surface area contributed by atoms with E-state index in [1.165, 1.54) is 4.90 Å². The number of likely N-dealkylation sites (tertiary alicyclic amines) is 1.